The Bertz CT molecular complexity index is 502. The van der Waals surface area contributed by atoms with Crippen molar-refractivity contribution in [1.82, 2.24) is 5.32 Å². The normalized spacial score (nSPS) is 32.8. The highest BCUT2D eigenvalue weighted by atomic mass is 16.5. The Morgan fingerprint density at radius 1 is 1.47 bits per heavy atom. The molecule has 98 valence electrons. The quantitative estimate of drug-likeness (QED) is 0.765. The van der Waals surface area contributed by atoms with Gasteiger partial charge in [-0.3, -0.25) is 4.79 Å². The Kier molecular flexibility index (Phi) is 4.10. The molecule has 0 aromatic rings. The number of carbonyl (C=O) groups is 1. The van der Waals surface area contributed by atoms with Gasteiger partial charge in [0, 0.05) is 11.5 Å². The fourth-order valence-electron chi connectivity index (χ4n) is 2.56. The van der Waals surface area contributed by atoms with E-state index in [1.165, 1.54) is 7.85 Å². The highest BCUT2D eigenvalue weighted by Crippen LogP contribution is 2.35. The molecule has 19 heavy (non-hydrogen) atoms. The van der Waals surface area contributed by atoms with E-state index >= 15 is 0 Å². The molecule has 0 bridgehead atoms. The van der Waals surface area contributed by atoms with E-state index in [4.69, 9.17) is 4.74 Å². The van der Waals surface area contributed by atoms with E-state index in [-0.39, 0.29) is 23.9 Å². The summed E-state index contributed by atoms with van der Waals surface area (Å²) in [4.78, 5) is 11.5. The second kappa shape index (κ2) is 5.78. The number of fused-ring (bicyclic) bond motifs is 1. The third-order valence-corrected chi connectivity index (χ3v) is 3.33. The summed E-state index contributed by atoms with van der Waals surface area (Å²) < 4.78 is 5.98. The van der Waals surface area contributed by atoms with E-state index in [1.54, 1.807) is 6.08 Å². The van der Waals surface area contributed by atoms with Crippen LogP contribution in [-0.4, -0.2) is 25.8 Å². The highest BCUT2D eigenvalue weighted by molar-refractivity contribution is 6.57. The van der Waals surface area contributed by atoms with Gasteiger partial charge in [0.25, 0.3) is 0 Å². The summed E-state index contributed by atoms with van der Waals surface area (Å²) in [5, 5.41) is 3.02. The molecule has 1 N–H and O–H groups in total. The standard InChI is InChI=1S/C15H18BNO2/c1-3-7-12-10(4-2)14(17-15(16)18)11-8-5-6-9-13(11)19-12/h3-9,11,13-14H,1,16H2,2H3,(H,17,18)/b10-4+,12-7+. The van der Waals surface area contributed by atoms with E-state index in [2.05, 4.69) is 18.0 Å². The molecular formula is C15H18BNO2. The van der Waals surface area contributed by atoms with Crippen molar-refractivity contribution in [3.05, 3.63) is 60.4 Å². The van der Waals surface area contributed by atoms with Crippen molar-refractivity contribution in [1.29, 1.82) is 0 Å². The second-order valence-corrected chi connectivity index (χ2v) is 4.62. The molecule has 0 saturated carbocycles. The molecule has 3 unspecified atom stereocenters. The number of hydrogen-bond acceptors (Lipinski definition) is 2. The minimum absolute atomic E-state index is 0.0362. The third-order valence-electron chi connectivity index (χ3n) is 3.33. The van der Waals surface area contributed by atoms with Gasteiger partial charge < -0.3 is 10.1 Å². The number of nitrogens with one attached hydrogen (secondary N) is 1. The minimum atomic E-state index is -0.0614. The zero-order valence-electron chi connectivity index (χ0n) is 11.3. The fourth-order valence-corrected chi connectivity index (χ4v) is 2.56. The molecule has 0 radical (unpaired) electrons. The SMILES string of the molecule is BC(=O)NC1C(=C/C)/C(=C\C=C)OC2C=CC=CC21. The summed E-state index contributed by atoms with van der Waals surface area (Å²) in [6, 6.07) is -0.0614. The second-order valence-electron chi connectivity index (χ2n) is 4.62. The van der Waals surface area contributed by atoms with Crippen molar-refractivity contribution < 1.29 is 9.53 Å². The number of hydrogen-bond donors (Lipinski definition) is 1. The Morgan fingerprint density at radius 2 is 2.21 bits per heavy atom. The Labute approximate surface area is 114 Å². The number of ether oxygens (including phenoxy) is 1. The molecule has 1 aliphatic carbocycles. The van der Waals surface area contributed by atoms with Gasteiger partial charge in [-0.15, -0.1) is 0 Å². The van der Waals surface area contributed by atoms with E-state index in [0.717, 1.165) is 11.3 Å². The van der Waals surface area contributed by atoms with Crippen molar-refractivity contribution >= 4 is 13.7 Å². The molecule has 1 amide bonds. The lowest BCUT2D eigenvalue weighted by molar-refractivity contribution is 0.0854. The predicted molar refractivity (Wildman–Crippen MR) is 79.5 cm³/mol. The smallest absolute Gasteiger partial charge is 0.215 e. The van der Waals surface area contributed by atoms with E-state index in [1.807, 2.05) is 37.3 Å². The van der Waals surface area contributed by atoms with E-state index in [9.17, 15) is 4.79 Å². The maximum Gasteiger partial charge on any atom is 0.215 e. The van der Waals surface area contributed by atoms with Gasteiger partial charge in [-0.25, -0.2) is 0 Å². The lowest BCUT2D eigenvalue weighted by Crippen LogP contribution is -2.49. The van der Waals surface area contributed by atoms with Gasteiger partial charge in [-0.05, 0) is 19.1 Å². The molecule has 4 heteroatoms. The van der Waals surface area contributed by atoms with Crippen molar-refractivity contribution in [2.75, 3.05) is 0 Å². The predicted octanol–water partition coefficient (Wildman–Crippen LogP) is 1.85. The van der Waals surface area contributed by atoms with Gasteiger partial charge in [0.1, 0.15) is 11.9 Å². The summed E-state index contributed by atoms with van der Waals surface area (Å²) in [5.41, 5.74) is 0.997. The van der Waals surface area contributed by atoms with Crippen LogP contribution in [0.4, 0.5) is 4.79 Å². The van der Waals surface area contributed by atoms with Crippen molar-refractivity contribution in [3.8, 4) is 0 Å². The zero-order chi connectivity index (χ0) is 13.8. The van der Waals surface area contributed by atoms with Gasteiger partial charge in [0.2, 0.25) is 7.85 Å². The lowest BCUT2D eigenvalue weighted by Gasteiger charge is -2.40. The molecule has 2 rings (SSSR count). The summed E-state index contributed by atoms with van der Waals surface area (Å²) in [7, 11) is 1.54. The van der Waals surface area contributed by atoms with Crippen LogP contribution in [-0.2, 0) is 4.74 Å². The molecule has 1 fully saturated rings. The summed E-state index contributed by atoms with van der Waals surface area (Å²) in [5.74, 6) is 0.866. The molecule has 2 aliphatic rings. The Morgan fingerprint density at radius 3 is 2.84 bits per heavy atom. The summed E-state index contributed by atoms with van der Waals surface area (Å²) >= 11 is 0. The van der Waals surface area contributed by atoms with Gasteiger partial charge >= 0.3 is 0 Å². The van der Waals surface area contributed by atoms with Crippen LogP contribution in [0.25, 0.3) is 0 Å². The van der Waals surface area contributed by atoms with Crippen LogP contribution < -0.4 is 5.32 Å². The van der Waals surface area contributed by atoms with Crippen LogP contribution >= 0.6 is 0 Å². The molecule has 3 nitrogen and oxygen atoms in total. The minimum Gasteiger partial charge on any atom is -0.485 e. The van der Waals surface area contributed by atoms with Gasteiger partial charge in [-0.1, -0.05) is 37.0 Å². The maximum absolute atomic E-state index is 11.5. The van der Waals surface area contributed by atoms with E-state index in [0.29, 0.717) is 0 Å². The first-order chi connectivity index (χ1) is 9.17. The van der Waals surface area contributed by atoms with Gasteiger partial charge in [0.15, 0.2) is 5.81 Å². The first kappa shape index (κ1) is 13.5. The molecular weight excluding hydrogens is 237 g/mol. The van der Waals surface area contributed by atoms with Crippen LogP contribution in [0.1, 0.15) is 6.92 Å². The number of rotatable bonds is 2. The molecule has 0 aromatic heterocycles. The molecule has 3 atom stereocenters. The van der Waals surface area contributed by atoms with Crippen LogP contribution in [0.15, 0.2) is 60.4 Å². The fraction of sp³-hybridized carbons (Fsp3) is 0.267. The first-order valence-corrected chi connectivity index (χ1v) is 6.45. The number of allylic oxidation sites excluding steroid dienone is 5. The largest absolute Gasteiger partial charge is 0.485 e. The summed E-state index contributed by atoms with van der Waals surface area (Å²) in [6.07, 6.45) is 13.5. The average Bonchev–Trinajstić information content (AvgIpc) is 2.39. The van der Waals surface area contributed by atoms with E-state index < -0.39 is 0 Å². The van der Waals surface area contributed by atoms with Crippen molar-refractivity contribution in [2.24, 2.45) is 5.92 Å². The van der Waals surface area contributed by atoms with Crippen LogP contribution in [0.3, 0.4) is 0 Å². The average molecular weight is 255 g/mol. The first-order valence-electron chi connectivity index (χ1n) is 6.45. The Hall–Kier alpha value is -1.97. The number of carbonyl (C=O) groups excluding carboxylic acids is 1. The van der Waals surface area contributed by atoms with Crippen LogP contribution in [0.5, 0.6) is 0 Å². The molecule has 1 aliphatic heterocycles. The van der Waals surface area contributed by atoms with Gasteiger partial charge in [-0.2, -0.15) is 0 Å². The molecule has 0 spiro atoms. The number of amides is 1. The maximum atomic E-state index is 11.5. The Balaban J connectivity index is 2.40. The van der Waals surface area contributed by atoms with Crippen LogP contribution in [0.2, 0.25) is 0 Å². The van der Waals surface area contributed by atoms with Crippen molar-refractivity contribution in [3.63, 3.8) is 0 Å². The molecule has 0 aromatic carbocycles. The third kappa shape index (κ3) is 2.73. The van der Waals surface area contributed by atoms with Crippen molar-refractivity contribution in [2.45, 2.75) is 19.1 Å². The topological polar surface area (TPSA) is 38.3 Å². The summed E-state index contributed by atoms with van der Waals surface area (Å²) in [6.45, 7) is 5.66. The zero-order valence-corrected chi connectivity index (χ0v) is 11.3. The molecule has 1 saturated heterocycles. The highest BCUT2D eigenvalue weighted by Gasteiger charge is 2.38. The molecule has 1 heterocycles. The lowest BCUT2D eigenvalue weighted by atomic mass is 9.81. The van der Waals surface area contributed by atoms with Crippen LogP contribution in [0, 0.1) is 5.92 Å². The monoisotopic (exact) mass is 255 g/mol. The van der Waals surface area contributed by atoms with Gasteiger partial charge in [0.05, 0.1) is 6.04 Å².